The number of nitrogens with zero attached hydrogens (tertiary/aromatic N) is 3. The first kappa shape index (κ1) is 21.7. The second kappa shape index (κ2) is 7.68. The first-order valence-electron chi connectivity index (χ1n) is 9.24. The monoisotopic (exact) mass is 417 g/mol. The summed E-state index contributed by atoms with van der Waals surface area (Å²) < 4.78 is 41.2. The molecular formula is C22H22F3N3O2. The van der Waals surface area contributed by atoms with Crippen LogP contribution in [0.5, 0.6) is 5.75 Å². The highest BCUT2D eigenvalue weighted by molar-refractivity contribution is 5.67. The number of hydrogen-bond donors (Lipinski definition) is 1. The van der Waals surface area contributed by atoms with E-state index in [1.165, 1.54) is 30.7 Å². The number of halogens is 3. The number of aromatic nitrogens is 3. The Morgan fingerprint density at radius 1 is 0.900 bits per heavy atom. The van der Waals surface area contributed by atoms with Crippen LogP contribution in [0.25, 0.3) is 11.1 Å². The molecule has 0 saturated heterocycles. The smallest absolute Gasteiger partial charge is 0.406 e. The number of ether oxygens (including phenoxy) is 1. The van der Waals surface area contributed by atoms with Gasteiger partial charge in [-0.05, 0) is 36.2 Å². The molecular weight excluding hydrogens is 395 g/mol. The molecule has 0 spiro atoms. The number of benzene rings is 1. The normalized spacial score (nSPS) is 14.3. The van der Waals surface area contributed by atoms with Crippen molar-refractivity contribution in [3.05, 3.63) is 72.1 Å². The lowest BCUT2D eigenvalue weighted by molar-refractivity contribution is -0.274. The van der Waals surface area contributed by atoms with Gasteiger partial charge in [0, 0.05) is 29.6 Å². The summed E-state index contributed by atoms with van der Waals surface area (Å²) in [7, 11) is 0. The van der Waals surface area contributed by atoms with Gasteiger partial charge in [-0.15, -0.1) is 13.2 Å². The number of aryl methyl sites for hydroxylation is 1. The van der Waals surface area contributed by atoms with E-state index in [9.17, 15) is 18.3 Å². The first-order valence-corrected chi connectivity index (χ1v) is 9.24. The zero-order valence-electron chi connectivity index (χ0n) is 17.0. The molecule has 0 fully saturated rings. The molecule has 1 atom stereocenters. The maximum absolute atomic E-state index is 12.4. The molecule has 2 heterocycles. The van der Waals surface area contributed by atoms with Crippen LogP contribution in [0.2, 0.25) is 0 Å². The zero-order valence-corrected chi connectivity index (χ0v) is 17.0. The molecule has 3 rings (SSSR count). The predicted molar refractivity (Wildman–Crippen MR) is 106 cm³/mol. The van der Waals surface area contributed by atoms with Gasteiger partial charge in [-0.3, -0.25) is 15.0 Å². The van der Waals surface area contributed by atoms with Gasteiger partial charge >= 0.3 is 6.36 Å². The van der Waals surface area contributed by atoms with E-state index < -0.39 is 17.4 Å². The zero-order chi connectivity index (χ0) is 22.2. The summed E-state index contributed by atoms with van der Waals surface area (Å²) in [5, 5.41) is 11.6. The molecule has 8 heteroatoms. The highest BCUT2D eigenvalue weighted by Gasteiger charge is 2.46. The molecule has 0 aliphatic carbocycles. The highest BCUT2D eigenvalue weighted by Crippen LogP contribution is 2.43. The van der Waals surface area contributed by atoms with Crippen LogP contribution in [0.15, 0.2) is 55.1 Å². The van der Waals surface area contributed by atoms with Crippen molar-refractivity contribution in [2.45, 2.75) is 39.7 Å². The second-order valence-electron chi connectivity index (χ2n) is 8.01. The topological polar surface area (TPSA) is 68.1 Å². The van der Waals surface area contributed by atoms with Crippen molar-refractivity contribution in [3.8, 4) is 16.9 Å². The lowest BCUT2D eigenvalue weighted by atomic mass is 9.72. The largest absolute Gasteiger partial charge is 0.573 e. The van der Waals surface area contributed by atoms with E-state index in [1.54, 1.807) is 31.3 Å². The van der Waals surface area contributed by atoms with Crippen molar-refractivity contribution in [1.82, 2.24) is 15.0 Å². The van der Waals surface area contributed by atoms with E-state index in [-0.39, 0.29) is 5.75 Å². The first-order chi connectivity index (χ1) is 13.9. The Bertz CT molecular complexity index is 1020. The van der Waals surface area contributed by atoms with Crippen LogP contribution in [-0.4, -0.2) is 26.4 Å². The third-order valence-corrected chi connectivity index (χ3v) is 4.90. The van der Waals surface area contributed by atoms with Gasteiger partial charge in [-0.25, -0.2) is 0 Å². The third-order valence-electron chi connectivity index (χ3n) is 4.90. The summed E-state index contributed by atoms with van der Waals surface area (Å²) >= 11 is 0. The molecule has 0 amide bonds. The summed E-state index contributed by atoms with van der Waals surface area (Å²) in [6.45, 7) is 7.32. The second-order valence-corrected chi connectivity index (χ2v) is 8.01. The van der Waals surface area contributed by atoms with Gasteiger partial charge in [0.15, 0.2) is 5.60 Å². The van der Waals surface area contributed by atoms with Crippen LogP contribution in [0.1, 0.15) is 37.7 Å². The Labute approximate surface area is 172 Å². The van der Waals surface area contributed by atoms with Gasteiger partial charge in [-0.2, -0.15) is 0 Å². The molecule has 30 heavy (non-hydrogen) atoms. The quantitative estimate of drug-likeness (QED) is 0.645. The van der Waals surface area contributed by atoms with Gasteiger partial charge in [-0.1, -0.05) is 32.9 Å². The van der Waals surface area contributed by atoms with Crippen LogP contribution in [0.4, 0.5) is 13.2 Å². The molecule has 1 aromatic carbocycles. The average Bonchev–Trinajstić information content (AvgIpc) is 2.66. The summed E-state index contributed by atoms with van der Waals surface area (Å²) in [5.41, 5.74) is 0.666. The summed E-state index contributed by atoms with van der Waals surface area (Å²) in [6.07, 6.45) is 1.38. The molecule has 2 aromatic heterocycles. The Balaban J connectivity index is 1.98. The third kappa shape index (κ3) is 4.28. The maximum Gasteiger partial charge on any atom is 0.573 e. The average molecular weight is 417 g/mol. The number of rotatable bonds is 4. The molecule has 1 unspecified atom stereocenters. The Morgan fingerprint density at radius 2 is 1.63 bits per heavy atom. The Hall–Kier alpha value is -3.00. The predicted octanol–water partition coefficient (Wildman–Crippen LogP) is 5.03. The van der Waals surface area contributed by atoms with Crippen LogP contribution in [-0.2, 0) is 5.60 Å². The van der Waals surface area contributed by atoms with Crippen LogP contribution < -0.4 is 4.74 Å². The van der Waals surface area contributed by atoms with Gasteiger partial charge in [0.05, 0.1) is 17.6 Å². The lowest BCUT2D eigenvalue weighted by Crippen LogP contribution is -2.42. The van der Waals surface area contributed by atoms with E-state index in [2.05, 4.69) is 19.7 Å². The van der Waals surface area contributed by atoms with Crippen molar-refractivity contribution in [2.75, 3.05) is 0 Å². The SMILES string of the molecule is Cc1cc(OC(F)(F)F)ccc1-c1ccc(C(O)(c2cnccn2)C(C)(C)C)nc1. The summed E-state index contributed by atoms with van der Waals surface area (Å²) in [5.74, 6) is -0.280. The van der Waals surface area contributed by atoms with Crippen LogP contribution >= 0.6 is 0 Å². The molecule has 158 valence electrons. The fraction of sp³-hybridized carbons (Fsp3) is 0.318. The molecule has 5 nitrogen and oxygen atoms in total. The van der Waals surface area contributed by atoms with Crippen molar-refractivity contribution in [2.24, 2.45) is 5.41 Å². The van der Waals surface area contributed by atoms with Gasteiger partial charge in [0.25, 0.3) is 0 Å². The van der Waals surface area contributed by atoms with E-state index in [4.69, 9.17) is 0 Å². The van der Waals surface area contributed by atoms with Crippen molar-refractivity contribution >= 4 is 0 Å². The van der Waals surface area contributed by atoms with E-state index >= 15 is 0 Å². The fourth-order valence-corrected chi connectivity index (χ4v) is 3.31. The van der Waals surface area contributed by atoms with Crippen molar-refractivity contribution in [1.29, 1.82) is 0 Å². The molecule has 0 saturated carbocycles. The van der Waals surface area contributed by atoms with Gasteiger partial charge in [0.1, 0.15) is 5.75 Å². The Morgan fingerprint density at radius 3 is 2.13 bits per heavy atom. The molecule has 1 N–H and O–H groups in total. The van der Waals surface area contributed by atoms with Gasteiger partial charge in [0.2, 0.25) is 0 Å². The highest BCUT2D eigenvalue weighted by atomic mass is 19.4. The molecule has 0 radical (unpaired) electrons. The number of aliphatic hydroxyl groups is 1. The number of pyridine rings is 1. The minimum atomic E-state index is -4.74. The fourth-order valence-electron chi connectivity index (χ4n) is 3.31. The summed E-state index contributed by atoms with van der Waals surface area (Å²) in [6, 6.07) is 7.58. The molecule has 0 aliphatic heterocycles. The number of hydrogen-bond acceptors (Lipinski definition) is 5. The molecule has 3 aromatic rings. The Kier molecular flexibility index (Phi) is 5.56. The van der Waals surface area contributed by atoms with Crippen molar-refractivity contribution in [3.63, 3.8) is 0 Å². The minimum Gasteiger partial charge on any atom is -0.406 e. The van der Waals surface area contributed by atoms with E-state index in [0.717, 1.165) is 0 Å². The molecule has 0 aliphatic rings. The lowest BCUT2D eigenvalue weighted by Gasteiger charge is -2.39. The maximum atomic E-state index is 12.4. The number of alkyl halides is 3. The molecule has 0 bridgehead atoms. The van der Waals surface area contributed by atoms with Crippen LogP contribution in [0.3, 0.4) is 0 Å². The van der Waals surface area contributed by atoms with E-state index in [1.807, 2.05) is 20.8 Å². The van der Waals surface area contributed by atoms with E-state index in [0.29, 0.717) is 28.1 Å². The minimum absolute atomic E-state index is 0.280. The van der Waals surface area contributed by atoms with Crippen molar-refractivity contribution < 1.29 is 23.0 Å². The standard InChI is InChI=1S/C22H22F3N3O2/c1-14-11-16(30-22(23,24)25)6-7-17(14)15-5-8-18(28-12-15)21(29,20(2,3)4)19-13-26-9-10-27-19/h5-13,29H,1-4H3. The van der Waals surface area contributed by atoms with Gasteiger partial charge < -0.3 is 9.84 Å². The summed E-state index contributed by atoms with van der Waals surface area (Å²) in [4.78, 5) is 12.8. The van der Waals surface area contributed by atoms with Crippen LogP contribution in [0, 0.1) is 12.3 Å².